The SMILES string of the molecule is CCN(CC)CC(NC)c1ccc(OC(C)C)cc1. The molecule has 1 rings (SSSR count). The van der Waals surface area contributed by atoms with Gasteiger partial charge in [0.2, 0.25) is 0 Å². The Kier molecular flexibility index (Phi) is 6.89. The maximum Gasteiger partial charge on any atom is 0.119 e. The van der Waals surface area contributed by atoms with Crippen LogP contribution in [-0.4, -0.2) is 37.7 Å². The Balaban J connectivity index is 2.70. The molecule has 1 aromatic rings. The number of likely N-dealkylation sites (N-methyl/N-ethyl adjacent to an activating group) is 2. The van der Waals surface area contributed by atoms with Crippen LogP contribution in [0.4, 0.5) is 0 Å². The number of hydrogen-bond acceptors (Lipinski definition) is 3. The second-order valence-electron chi connectivity index (χ2n) is 5.06. The molecule has 0 spiro atoms. The monoisotopic (exact) mass is 264 g/mol. The van der Waals surface area contributed by atoms with E-state index < -0.39 is 0 Å². The van der Waals surface area contributed by atoms with Gasteiger partial charge < -0.3 is 15.0 Å². The van der Waals surface area contributed by atoms with Crippen LogP contribution in [0.15, 0.2) is 24.3 Å². The molecule has 0 radical (unpaired) electrons. The molecular formula is C16H28N2O. The van der Waals surface area contributed by atoms with Crippen molar-refractivity contribution >= 4 is 0 Å². The van der Waals surface area contributed by atoms with Crippen molar-refractivity contribution in [2.75, 3.05) is 26.7 Å². The van der Waals surface area contributed by atoms with Gasteiger partial charge in [-0.2, -0.15) is 0 Å². The Hall–Kier alpha value is -1.06. The molecule has 0 aliphatic heterocycles. The van der Waals surface area contributed by atoms with E-state index in [4.69, 9.17) is 4.74 Å². The third-order valence-electron chi connectivity index (χ3n) is 3.34. The van der Waals surface area contributed by atoms with Crippen molar-refractivity contribution in [1.82, 2.24) is 10.2 Å². The summed E-state index contributed by atoms with van der Waals surface area (Å²) in [6, 6.07) is 8.79. The zero-order chi connectivity index (χ0) is 14.3. The quantitative estimate of drug-likeness (QED) is 0.781. The summed E-state index contributed by atoms with van der Waals surface area (Å²) in [6.45, 7) is 11.7. The molecule has 19 heavy (non-hydrogen) atoms. The van der Waals surface area contributed by atoms with Crippen molar-refractivity contribution in [3.05, 3.63) is 29.8 Å². The topological polar surface area (TPSA) is 24.5 Å². The zero-order valence-electron chi connectivity index (χ0n) is 12.9. The fraction of sp³-hybridized carbons (Fsp3) is 0.625. The van der Waals surface area contributed by atoms with Gasteiger partial charge in [-0.15, -0.1) is 0 Å². The summed E-state index contributed by atoms with van der Waals surface area (Å²) < 4.78 is 5.68. The van der Waals surface area contributed by atoms with Crippen molar-refractivity contribution in [2.45, 2.75) is 39.8 Å². The average Bonchev–Trinajstić information content (AvgIpc) is 2.41. The highest BCUT2D eigenvalue weighted by Gasteiger charge is 2.12. The molecule has 1 aromatic carbocycles. The average molecular weight is 264 g/mol. The van der Waals surface area contributed by atoms with E-state index in [1.165, 1.54) is 5.56 Å². The first-order valence-electron chi connectivity index (χ1n) is 7.26. The van der Waals surface area contributed by atoms with Crippen molar-refractivity contribution in [3.8, 4) is 5.75 Å². The maximum atomic E-state index is 5.68. The summed E-state index contributed by atoms with van der Waals surface area (Å²) in [6.07, 6.45) is 0.224. The number of nitrogens with one attached hydrogen (secondary N) is 1. The Labute approximate surface area is 118 Å². The highest BCUT2D eigenvalue weighted by Crippen LogP contribution is 2.19. The van der Waals surface area contributed by atoms with Gasteiger partial charge in [0.25, 0.3) is 0 Å². The number of nitrogens with zero attached hydrogens (tertiary/aromatic N) is 1. The first-order valence-corrected chi connectivity index (χ1v) is 7.26. The first kappa shape index (κ1) is 16.0. The molecule has 0 saturated carbocycles. The summed E-state index contributed by atoms with van der Waals surface area (Å²) >= 11 is 0. The normalized spacial score (nSPS) is 13.0. The lowest BCUT2D eigenvalue weighted by Gasteiger charge is -2.25. The third kappa shape index (κ3) is 5.21. The molecule has 0 aliphatic carbocycles. The van der Waals surface area contributed by atoms with Crippen LogP contribution in [-0.2, 0) is 0 Å². The van der Waals surface area contributed by atoms with Crippen LogP contribution in [0.2, 0.25) is 0 Å². The van der Waals surface area contributed by atoms with Gasteiger partial charge >= 0.3 is 0 Å². The van der Waals surface area contributed by atoms with Gasteiger partial charge in [-0.25, -0.2) is 0 Å². The van der Waals surface area contributed by atoms with Crippen LogP contribution in [0.25, 0.3) is 0 Å². The smallest absolute Gasteiger partial charge is 0.119 e. The zero-order valence-corrected chi connectivity index (χ0v) is 12.9. The van der Waals surface area contributed by atoms with Gasteiger partial charge in [-0.05, 0) is 51.7 Å². The standard InChI is InChI=1S/C16H28N2O/c1-6-18(7-2)12-16(17-5)14-8-10-15(11-9-14)19-13(3)4/h8-11,13,16-17H,6-7,12H2,1-5H3. The maximum absolute atomic E-state index is 5.68. The molecule has 108 valence electrons. The van der Waals surface area contributed by atoms with E-state index in [1.807, 2.05) is 20.9 Å². The van der Waals surface area contributed by atoms with E-state index in [2.05, 4.69) is 48.3 Å². The molecule has 1 N–H and O–H groups in total. The van der Waals surface area contributed by atoms with Gasteiger partial charge in [-0.3, -0.25) is 0 Å². The van der Waals surface area contributed by atoms with E-state index in [-0.39, 0.29) is 6.10 Å². The van der Waals surface area contributed by atoms with Crippen molar-refractivity contribution in [2.24, 2.45) is 0 Å². The molecule has 0 fully saturated rings. The molecule has 1 unspecified atom stereocenters. The Morgan fingerprint density at radius 1 is 1.11 bits per heavy atom. The predicted molar refractivity (Wildman–Crippen MR) is 81.8 cm³/mol. The van der Waals surface area contributed by atoms with Crippen molar-refractivity contribution in [3.63, 3.8) is 0 Å². The molecule has 0 aromatic heterocycles. The molecule has 0 bridgehead atoms. The fourth-order valence-electron chi connectivity index (χ4n) is 2.15. The molecule has 1 atom stereocenters. The Bertz CT molecular complexity index is 344. The molecule has 3 nitrogen and oxygen atoms in total. The van der Waals surface area contributed by atoms with E-state index in [0.29, 0.717) is 6.04 Å². The first-order chi connectivity index (χ1) is 9.10. The number of rotatable bonds is 8. The second kappa shape index (κ2) is 8.18. The molecular weight excluding hydrogens is 236 g/mol. The number of hydrogen-bond donors (Lipinski definition) is 1. The number of benzene rings is 1. The van der Waals surface area contributed by atoms with Gasteiger partial charge in [0.1, 0.15) is 5.75 Å². The fourth-order valence-corrected chi connectivity index (χ4v) is 2.15. The minimum absolute atomic E-state index is 0.224. The van der Waals surface area contributed by atoms with Crippen LogP contribution >= 0.6 is 0 Å². The molecule has 3 heteroatoms. The summed E-state index contributed by atoms with van der Waals surface area (Å²) in [7, 11) is 2.02. The molecule has 0 saturated heterocycles. The highest BCUT2D eigenvalue weighted by molar-refractivity contribution is 5.29. The van der Waals surface area contributed by atoms with Crippen molar-refractivity contribution in [1.29, 1.82) is 0 Å². The predicted octanol–water partition coefficient (Wildman–Crippen LogP) is 3.08. The molecule has 0 aliphatic rings. The summed E-state index contributed by atoms with van der Waals surface area (Å²) in [5.74, 6) is 0.941. The lowest BCUT2D eigenvalue weighted by Crippen LogP contribution is -2.33. The molecule has 0 amide bonds. The minimum Gasteiger partial charge on any atom is -0.491 e. The number of ether oxygens (including phenoxy) is 1. The van der Waals surface area contributed by atoms with Crippen molar-refractivity contribution < 1.29 is 4.74 Å². The van der Waals surface area contributed by atoms with E-state index in [1.54, 1.807) is 0 Å². The van der Waals surface area contributed by atoms with Crippen LogP contribution in [0, 0.1) is 0 Å². The van der Waals surface area contributed by atoms with Crippen LogP contribution < -0.4 is 10.1 Å². The summed E-state index contributed by atoms with van der Waals surface area (Å²) in [4.78, 5) is 2.43. The molecule has 0 heterocycles. The second-order valence-corrected chi connectivity index (χ2v) is 5.06. The van der Waals surface area contributed by atoms with Gasteiger partial charge in [0.05, 0.1) is 6.10 Å². The van der Waals surface area contributed by atoms with Crippen LogP contribution in [0.1, 0.15) is 39.3 Å². The van der Waals surface area contributed by atoms with Gasteiger partial charge in [0, 0.05) is 12.6 Å². The van der Waals surface area contributed by atoms with Gasteiger partial charge in [0.15, 0.2) is 0 Å². The summed E-state index contributed by atoms with van der Waals surface area (Å²) in [5.41, 5.74) is 1.31. The van der Waals surface area contributed by atoms with E-state index in [9.17, 15) is 0 Å². The van der Waals surface area contributed by atoms with Gasteiger partial charge in [-0.1, -0.05) is 26.0 Å². The Morgan fingerprint density at radius 3 is 2.11 bits per heavy atom. The van der Waals surface area contributed by atoms with E-state index >= 15 is 0 Å². The highest BCUT2D eigenvalue weighted by atomic mass is 16.5. The summed E-state index contributed by atoms with van der Waals surface area (Å²) in [5, 5.41) is 3.40. The largest absolute Gasteiger partial charge is 0.491 e. The Morgan fingerprint density at radius 2 is 1.68 bits per heavy atom. The van der Waals surface area contributed by atoms with Crippen LogP contribution in [0.5, 0.6) is 5.75 Å². The third-order valence-corrected chi connectivity index (χ3v) is 3.34. The lowest BCUT2D eigenvalue weighted by atomic mass is 10.1. The van der Waals surface area contributed by atoms with Crippen LogP contribution in [0.3, 0.4) is 0 Å². The van der Waals surface area contributed by atoms with E-state index in [0.717, 1.165) is 25.4 Å². The lowest BCUT2D eigenvalue weighted by molar-refractivity contribution is 0.242. The minimum atomic E-state index is 0.224.